The third-order valence-corrected chi connectivity index (χ3v) is 5.76. The smallest absolute Gasteiger partial charge is 0.282 e. The van der Waals surface area contributed by atoms with E-state index in [1.54, 1.807) is 4.31 Å². The predicted molar refractivity (Wildman–Crippen MR) is 80.2 cm³/mol. The molecule has 1 aromatic carbocycles. The number of benzene rings is 1. The van der Waals surface area contributed by atoms with Crippen molar-refractivity contribution in [1.29, 1.82) is 0 Å². The molecule has 0 amide bonds. The largest absolute Gasteiger partial charge is 0.328 e. The van der Waals surface area contributed by atoms with Gasteiger partial charge in [-0.2, -0.15) is 17.0 Å². The Labute approximate surface area is 121 Å². The molecule has 20 heavy (non-hydrogen) atoms. The zero-order chi connectivity index (χ0) is 14.6. The van der Waals surface area contributed by atoms with Gasteiger partial charge < -0.3 is 5.73 Å². The molecule has 0 atom stereocenters. The monoisotopic (exact) mass is 297 g/mol. The number of hydrogen-bond acceptors (Lipinski definition) is 3. The number of nitrogens with zero attached hydrogens (tertiary/aromatic N) is 2. The molecule has 5 nitrogen and oxygen atoms in total. The minimum Gasteiger partial charge on any atom is -0.328 e. The van der Waals surface area contributed by atoms with Gasteiger partial charge in [-0.15, -0.1) is 0 Å². The highest BCUT2D eigenvalue weighted by Gasteiger charge is 2.31. The summed E-state index contributed by atoms with van der Waals surface area (Å²) in [4.78, 5) is 0. The van der Waals surface area contributed by atoms with Crippen LogP contribution in [-0.4, -0.2) is 42.7 Å². The molecule has 0 aliphatic carbocycles. The Morgan fingerprint density at radius 3 is 2.40 bits per heavy atom. The maximum Gasteiger partial charge on any atom is 0.282 e. The number of hydrogen-bond donors (Lipinski definition) is 1. The van der Waals surface area contributed by atoms with Crippen LogP contribution in [0.25, 0.3) is 0 Å². The van der Waals surface area contributed by atoms with E-state index in [1.807, 2.05) is 37.3 Å². The first-order chi connectivity index (χ1) is 9.54. The molecule has 0 bridgehead atoms. The molecule has 1 aliphatic rings. The van der Waals surface area contributed by atoms with Crippen molar-refractivity contribution in [3.8, 4) is 0 Å². The summed E-state index contributed by atoms with van der Waals surface area (Å²) < 4.78 is 28.4. The van der Waals surface area contributed by atoms with Crippen molar-refractivity contribution in [2.75, 3.05) is 19.6 Å². The van der Waals surface area contributed by atoms with Gasteiger partial charge in [0.2, 0.25) is 0 Å². The van der Waals surface area contributed by atoms with Gasteiger partial charge in [0.05, 0.1) is 0 Å². The summed E-state index contributed by atoms with van der Waals surface area (Å²) in [5.41, 5.74) is 6.84. The van der Waals surface area contributed by atoms with E-state index in [9.17, 15) is 8.42 Å². The summed E-state index contributed by atoms with van der Waals surface area (Å²) in [6.45, 7) is 3.81. The minimum absolute atomic E-state index is 0.130. The molecular weight excluding hydrogens is 274 g/mol. The Hall–Kier alpha value is -0.950. The Morgan fingerprint density at radius 1 is 1.25 bits per heavy atom. The topological polar surface area (TPSA) is 66.6 Å². The van der Waals surface area contributed by atoms with E-state index in [2.05, 4.69) is 0 Å². The first-order valence-corrected chi connectivity index (χ1v) is 8.48. The summed E-state index contributed by atoms with van der Waals surface area (Å²) >= 11 is 0. The van der Waals surface area contributed by atoms with Crippen LogP contribution in [0.2, 0.25) is 0 Å². The third-order valence-electron chi connectivity index (χ3n) is 3.71. The van der Waals surface area contributed by atoms with Crippen LogP contribution >= 0.6 is 0 Å². The quantitative estimate of drug-likeness (QED) is 0.887. The molecule has 1 saturated heterocycles. The molecule has 2 rings (SSSR count). The standard InChI is InChI=1S/C14H23N3O2S/c1-2-16(12-13-6-4-3-5-7-13)20(18,19)17-10-8-14(15)9-11-17/h3-7,14H,2,8-12,15H2,1H3. The second kappa shape index (κ2) is 6.67. The summed E-state index contributed by atoms with van der Waals surface area (Å²) in [7, 11) is -3.38. The van der Waals surface area contributed by atoms with E-state index in [1.165, 1.54) is 4.31 Å². The molecule has 1 fully saturated rings. The van der Waals surface area contributed by atoms with E-state index in [4.69, 9.17) is 5.73 Å². The van der Waals surface area contributed by atoms with Gasteiger partial charge in [0.1, 0.15) is 0 Å². The van der Waals surface area contributed by atoms with Gasteiger partial charge >= 0.3 is 0 Å². The molecule has 2 N–H and O–H groups in total. The molecule has 0 unspecified atom stereocenters. The fourth-order valence-electron chi connectivity index (χ4n) is 2.41. The summed E-state index contributed by atoms with van der Waals surface area (Å²) in [5.74, 6) is 0. The predicted octanol–water partition coefficient (Wildman–Crippen LogP) is 1.18. The lowest BCUT2D eigenvalue weighted by atomic mass is 10.1. The van der Waals surface area contributed by atoms with Gasteiger partial charge in [0.15, 0.2) is 0 Å². The molecule has 1 heterocycles. The van der Waals surface area contributed by atoms with Crippen LogP contribution in [0.5, 0.6) is 0 Å². The summed E-state index contributed by atoms with van der Waals surface area (Å²) in [5, 5.41) is 0. The Balaban J connectivity index is 2.09. The van der Waals surface area contributed by atoms with Crippen molar-refractivity contribution in [3.63, 3.8) is 0 Å². The van der Waals surface area contributed by atoms with E-state index in [0.717, 1.165) is 18.4 Å². The number of piperidine rings is 1. The SMILES string of the molecule is CCN(Cc1ccccc1)S(=O)(=O)N1CCC(N)CC1. The maximum absolute atomic E-state index is 12.6. The van der Waals surface area contributed by atoms with Crippen LogP contribution in [0.15, 0.2) is 30.3 Å². The average Bonchev–Trinajstić information content (AvgIpc) is 2.46. The molecule has 1 aromatic rings. The molecule has 0 saturated carbocycles. The first kappa shape index (κ1) is 15.4. The summed E-state index contributed by atoms with van der Waals surface area (Å²) in [6.07, 6.45) is 1.48. The van der Waals surface area contributed by atoms with Crippen LogP contribution in [0.1, 0.15) is 25.3 Å². The highest BCUT2D eigenvalue weighted by molar-refractivity contribution is 7.86. The van der Waals surface area contributed by atoms with E-state index >= 15 is 0 Å². The molecule has 0 spiro atoms. The third kappa shape index (κ3) is 3.58. The van der Waals surface area contributed by atoms with Crippen molar-refractivity contribution in [2.24, 2.45) is 5.73 Å². The van der Waals surface area contributed by atoms with Crippen LogP contribution in [0.4, 0.5) is 0 Å². The van der Waals surface area contributed by atoms with Gasteiger partial charge in [-0.05, 0) is 18.4 Å². The van der Waals surface area contributed by atoms with Crippen LogP contribution < -0.4 is 5.73 Å². The van der Waals surface area contributed by atoms with Crippen LogP contribution in [-0.2, 0) is 16.8 Å². The molecule has 0 aromatic heterocycles. The second-order valence-corrected chi connectivity index (χ2v) is 7.08. The average molecular weight is 297 g/mol. The molecular formula is C14H23N3O2S. The zero-order valence-electron chi connectivity index (χ0n) is 11.9. The normalized spacial score (nSPS) is 18.6. The zero-order valence-corrected chi connectivity index (χ0v) is 12.7. The van der Waals surface area contributed by atoms with Gasteiger partial charge in [-0.1, -0.05) is 37.3 Å². The Morgan fingerprint density at radius 2 is 1.85 bits per heavy atom. The lowest BCUT2D eigenvalue weighted by Crippen LogP contribution is -2.48. The first-order valence-electron chi connectivity index (χ1n) is 7.08. The van der Waals surface area contributed by atoms with E-state index in [0.29, 0.717) is 26.2 Å². The minimum atomic E-state index is -3.38. The molecule has 1 aliphatic heterocycles. The molecule has 0 radical (unpaired) electrons. The second-order valence-electron chi connectivity index (χ2n) is 5.16. The van der Waals surface area contributed by atoms with Gasteiger partial charge in [0, 0.05) is 32.2 Å². The van der Waals surface area contributed by atoms with Gasteiger partial charge in [-0.25, -0.2) is 0 Å². The Kier molecular flexibility index (Phi) is 5.15. The Bertz CT molecular complexity index is 510. The van der Waals surface area contributed by atoms with Gasteiger partial charge in [0.25, 0.3) is 10.2 Å². The summed E-state index contributed by atoms with van der Waals surface area (Å²) in [6, 6.07) is 9.81. The molecule has 6 heteroatoms. The van der Waals surface area contributed by atoms with Crippen molar-refractivity contribution >= 4 is 10.2 Å². The fourth-order valence-corrected chi connectivity index (χ4v) is 4.05. The molecule has 112 valence electrons. The van der Waals surface area contributed by atoms with Crippen molar-refractivity contribution in [3.05, 3.63) is 35.9 Å². The maximum atomic E-state index is 12.6. The fraction of sp³-hybridized carbons (Fsp3) is 0.571. The number of nitrogens with two attached hydrogens (primary N) is 1. The van der Waals surface area contributed by atoms with E-state index in [-0.39, 0.29) is 6.04 Å². The van der Waals surface area contributed by atoms with Crippen LogP contribution in [0, 0.1) is 0 Å². The van der Waals surface area contributed by atoms with Crippen molar-refractivity contribution in [2.45, 2.75) is 32.4 Å². The van der Waals surface area contributed by atoms with Crippen LogP contribution in [0.3, 0.4) is 0 Å². The van der Waals surface area contributed by atoms with Crippen molar-refractivity contribution in [1.82, 2.24) is 8.61 Å². The lowest BCUT2D eigenvalue weighted by Gasteiger charge is -2.33. The van der Waals surface area contributed by atoms with E-state index < -0.39 is 10.2 Å². The highest BCUT2D eigenvalue weighted by atomic mass is 32.2. The van der Waals surface area contributed by atoms with Gasteiger partial charge in [-0.3, -0.25) is 0 Å². The highest BCUT2D eigenvalue weighted by Crippen LogP contribution is 2.18. The number of rotatable bonds is 5. The lowest BCUT2D eigenvalue weighted by molar-refractivity contribution is 0.287. The van der Waals surface area contributed by atoms with Crippen molar-refractivity contribution < 1.29 is 8.42 Å².